The quantitative estimate of drug-likeness (QED) is 0.138. The third-order valence-electron chi connectivity index (χ3n) is 7.04. The van der Waals surface area contributed by atoms with Gasteiger partial charge in [-0.05, 0) is 41.4 Å². The summed E-state index contributed by atoms with van der Waals surface area (Å²) in [5.41, 5.74) is -1.80. The average Bonchev–Trinajstić information content (AvgIpc) is 3.48. The second-order valence-electron chi connectivity index (χ2n) is 9.37. The fourth-order valence-electron chi connectivity index (χ4n) is 4.93. The van der Waals surface area contributed by atoms with E-state index in [1.54, 1.807) is 18.2 Å². The van der Waals surface area contributed by atoms with Gasteiger partial charge in [-0.15, -0.1) is 0 Å². The molecule has 0 bridgehead atoms. The molecule has 0 spiro atoms. The monoisotopic (exact) mass is 604 g/mol. The molecule has 2 atom stereocenters. The van der Waals surface area contributed by atoms with Crippen molar-refractivity contribution in [1.29, 1.82) is 0 Å². The van der Waals surface area contributed by atoms with Crippen LogP contribution in [0.4, 0.5) is 17.6 Å². The first-order valence-corrected chi connectivity index (χ1v) is 13.1. The van der Waals surface area contributed by atoms with Crippen molar-refractivity contribution in [2.24, 2.45) is 11.3 Å². The maximum absolute atomic E-state index is 15.2. The number of rotatable bonds is 6. The Bertz CT molecular complexity index is 1490. The van der Waals surface area contributed by atoms with E-state index in [0.29, 0.717) is 12.0 Å². The van der Waals surface area contributed by atoms with Crippen LogP contribution < -0.4 is 0 Å². The van der Waals surface area contributed by atoms with Crippen molar-refractivity contribution in [3.05, 3.63) is 101 Å². The van der Waals surface area contributed by atoms with Gasteiger partial charge in [0.2, 0.25) is 5.41 Å². The molecule has 2 aliphatic rings. The summed E-state index contributed by atoms with van der Waals surface area (Å²) in [4.78, 5) is 47.9. The fourth-order valence-corrected chi connectivity index (χ4v) is 5.83. The molecule has 0 radical (unpaired) electrons. The van der Waals surface area contributed by atoms with Crippen molar-refractivity contribution < 1.29 is 46.2 Å². The summed E-state index contributed by atoms with van der Waals surface area (Å²) < 4.78 is 68.8. The van der Waals surface area contributed by atoms with E-state index in [1.807, 2.05) is 12.1 Å². The van der Waals surface area contributed by atoms with Crippen molar-refractivity contribution in [1.82, 2.24) is 0 Å². The molecule has 2 unspecified atom stereocenters. The third kappa shape index (κ3) is 5.45. The Kier molecular flexibility index (Phi) is 9.66. The minimum Gasteiger partial charge on any atom is -0.468 e. The lowest BCUT2D eigenvalue weighted by molar-refractivity contribution is -0.219. The number of fused-ring (bicyclic) bond motifs is 2. The topological polar surface area (TPSA) is 86.7 Å². The van der Waals surface area contributed by atoms with Crippen LogP contribution in [0.5, 0.6) is 0 Å². The van der Waals surface area contributed by atoms with Gasteiger partial charge in [-0.1, -0.05) is 74.2 Å². The van der Waals surface area contributed by atoms with Crippen molar-refractivity contribution in [2.75, 3.05) is 14.2 Å². The van der Waals surface area contributed by atoms with Crippen molar-refractivity contribution in [3.63, 3.8) is 0 Å². The van der Waals surface area contributed by atoms with Gasteiger partial charge in [-0.25, -0.2) is 0 Å². The zero-order valence-corrected chi connectivity index (χ0v) is 22.7. The minimum absolute atomic E-state index is 0. The standard InChI is InChI=1S/C19H14F4O3S.C11H10O3.CH4/c1-26-16(25)17(11-12-7-5-6-10-14(12)15(17)24)18(20,21)19(22,23)27-13-8-3-2-4-9-13;1-14-11(13)9-6-7-4-2-3-5-8(7)10(9)12;/h2-10H,11H2,1H3;2-5,9H,6H2,1H3;1H4. The molecule has 6 nitrogen and oxygen atoms in total. The van der Waals surface area contributed by atoms with Crippen LogP contribution in [0.25, 0.3) is 0 Å². The van der Waals surface area contributed by atoms with E-state index < -0.39 is 58.4 Å². The second kappa shape index (κ2) is 12.5. The van der Waals surface area contributed by atoms with E-state index in [9.17, 15) is 28.0 Å². The molecule has 0 aliphatic heterocycles. The number of carbonyl (C=O) groups is 4. The van der Waals surface area contributed by atoms with Gasteiger partial charge in [0.05, 0.1) is 14.2 Å². The second-order valence-corrected chi connectivity index (χ2v) is 10.6. The number of benzene rings is 3. The molecule has 0 saturated carbocycles. The van der Waals surface area contributed by atoms with Gasteiger partial charge >= 0.3 is 23.1 Å². The van der Waals surface area contributed by atoms with E-state index in [2.05, 4.69) is 9.47 Å². The smallest absolute Gasteiger partial charge is 0.362 e. The van der Waals surface area contributed by atoms with Crippen LogP contribution in [0.3, 0.4) is 0 Å². The van der Waals surface area contributed by atoms with Gasteiger partial charge in [0, 0.05) is 22.4 Å². The van der Waals surface area contributed by atoms with Crippen molar-refractivity contribution in [3.8, 4) is 0 Å². The maximum atomic E-state index is 15.2. The first-order chi connectivity index (χ1) is 19.4. The molecule has 0 fully saturated rings. The molecule has 222 valence electrons. The summed E-state index contributed by atoms with van der Waals surface area (Å²) in [7, 11) is 2.09. The minimum atomic E-state index is -5.00. The highest BCUT2D eigenvalue weighted by Crippen LogP contribution is 2.59. The number of halogens is 4. The number of ketones is 2. The molecule has 3 aromatic carbocycles. The Morgan fingerprint density at radius 2 is 1.36 bits per heavy atom. The third-order valence-corrected chi connectivity index (χ3v) is 8.06. The van der Waals surface area contributed by atoms with Gasteiger partial charge in [-0.3, -0.25) is 19.2 Å². The Balaban J connectivity index is 0.000000272. The first-order valence-electron chi connectivity index (χ1n) is 12.3. The number of carbonyl (C=O) groups excluding carboxylic acids is 4. The Morgan fingerprint density at radius 1 is 0.810 bits per heavy atom. The normalized spacial score (nSPS) is 19.0. The number of methoxy groups -OCH3 is 2. The number of thioether (sulfide) groups is 1. The predicted molar refractivity (Wildman–Crippen MR) is 148 cm³/mol. The van der Waals surface area contributed by atoms with E-state index in [1.165, 1.54) is 55.6 Å². The maximum Gasteiger partial charge on any atom is 0.362 e. The summed E-state index contributed by atoms with van der Waals surface area (Å²) >= 11 is -0.396. The molecule has 11 heteroatoms. The van der Waals surface area contributed by atoms with Crippen molar-refractivity contribution in [2.45, 2.75) is 36.3 Å². The molecule has 2 aliphatic carbocycles. The Hall–Kier alpha value is -3.99. The highest BCUT2D eigenvalue weighted by molar-refractivity contribution is 8.00. The Labute approximate surface area is 244 Å². The van der Waals surface area contributed by atoms with Crippen LogP contribution in [0.2, 0.25) is 0 Å². The molecule has 3 aromatic rings. The highest BCUT2D eigenvalue weighted by Gasteiger charge is 2.77. The SMILES string of the molecule is C.COC(=O)C1(C(F)(F)C(F)(F)Sc2ccccc2)Cc2ccccc2C1=O.COC(=O)C1Cc2ccccc2C1=O. The highest BCUT2D eigenvalue weighted by atomic mass is 32.2. The largest absolute Gasteiger partial charge is 0.468 e. The van der Waals surface area contributed by atoms with Crippen LogP contribution in [0, 0.1) is 11.3 Å². The summed E-state index contributed by atoms with van der Waals surface area (Å²) in [6.45, 7) is 0. The number of Topliss-reactive ketones (excluding diaryl/α,β-unsaturated/α-hetero) is 2. The molecule has 0 aromatic heterocycles. The lowest BCUT2D eigenvalue weighted by atomic mass is 9.77. The fraction of sp³-hybridized carbons (Fsp3) is 0.290. The van der Waals surface area contributed by atoms with E-state index in [4.69, 9.17) is 0 Å². The van der Waals surface area contributed by atoms with Crippen molar-refractivity contribution >= 4 is 35.3 Å². The van der Waals surface area contributed by atoms with Crippen LogP contribution in [-0.4, -0.2) is 48.9 Å². The molecular formula is C31H28F4O6S. The molecule has 42 heavy (non-hydrogen) atoms. The molecule has 0 saturated heterocycles. The first kappa shape index (κ1) is 32.5. The zero-order chi connectivity index (χ0) is 30.0. The van der Waals surface area contributed by atoms with Crippen LogP contribution in [-0.2, 0) is 31.9 Å². The summed E-state index contributed by atoms with van der Waals surface area (Å²) in [5.74, 6) is -9.22. The van der Waals surface area contributed by atoms with Crippen LogP contribution in [0.15, 0.2) is 83.8 Å². The van der Waals surface area contributed by atoms with E-state index in [-0.39, 0.29) is 29.2 Å². The molecule has 0 amide bonds. The summed E-state index contributed by atoms with van der Waals surface area (Å²) in [5, 5.41) is -4.74. The Morgan fingerprint density at radius 3 is 1.90 bits per heavy atom. The molecular weight excluding hydrogens is 576 g/mol. The number of hydrogen-bond acceptors (Lipinski definition) is 7. The summed E-state index contributed by atoms with van der Waals surface area (Å²) in [6, 6.07) is 19.7. The summed E-state index contributed by atoms with van der Waals surface area (Å²) in [6.07, 6.45) is -0.381. The number of esters is 2. The number of hydrogen-bond donors (Lipinski definition) is 0. The number of alkyl halides is 4. The lowest BCUT2D eigenvalue weighted by Crippen LogP contribution is -2.60. The van der Waals surface area contributed by atoms with E-state index in [0.717, 1.165) is 12.7 Å². The molecule has 5 rings (SSSR count). The van der Waals surface area contributed by atoms with Gasteiger partial charge in [0.15, 0.2) is 11.6 Å². The number of ether oxygens (including phenoxy) is 2. The van der Waals surface area contributed by atoms with Gasteiger partial charge < -0.3 is 9.47 Å². The lowest BCUT2D eigenvalue weighted by Gasteiger charge is -2.37. The van der Waals surface area contributed by atoms with Gasteiger partial charge in [-0.2, -0.15) is 17.6 Å². The van der Waals surface area contributed by atoms with Crippen LogP contribution in [0.1, 0.15) is 39.3 Å². The predicted octanol–water partition coefficient (Wildman–Crippen LogP) is 6.46. The molecule has 0 N–H and O–H groups in total. The van der Waals surface area contributed by atoms with E-state index >= 15 is 8.78 Å². The van der Waals surface area contributed by atoms with Gasteiger partial charge in [0.25, 0.3) is 0 Å². The molecule has 0 heterocycles. The van der Waals surface area contributed by atoms with Crippen LogP contribution >= 0.6 is 11.8 Å². The zero-order valence-electron chi connectivity index (χ0n) is 21.9. The van der Waals surface area contributed by atoms with Gasteiger partial charge in [0.1, 0.15) is 5.92 Å². The average molecular weight is 605 g/mol.